The molecular formula is C23H34N6O3. The molecular weight excluding hydrogens is 408 g/mol. The largest absolute Gasteiger partial charge is 0.492 e. The Labute approximate surface area is 189 Å². The number of aryl methyl sites for hydroxylation is 1. The predicted octanol–water partition coefficient (Wildman–Crippen LogP) is 1.28. The Bertz CT molecular complexity index is 880. The summed E-state index contributed by atoms with van der Waals surface area (Å²) in [6.07, 6.45) is 3.88. The van der Waals surface area contributed by atoms with Gasteiger partial charge in [0.2, 0.25) is 0 Å². The number of aromatic nitrogens is 2. The van der Waals surface area contributed by atoms with E-state index in [0.29, 0.717) is 19.8 Å². The molecule has 2 fully saturated rings. The van der Waals surface area contributed by atoms with Crippen LogP contribution in [-0.4, -0.2) is 91.7 Å². The maximum absolute atomic E-state index is 5.99. The van der Waals surface area contributed by atoms with Crippen LogP contribution < -0.4 is 10.1 Å². The molecule has 0 radical (unpaired) electrons. The third-order valence-electron chi connectivity index (χ3n) is 5.80. The van der Waals surface area contributed by atoms with E-state index in [1.165, 1.54) is 0 Å². The van der Waals surface area contributed by atoms with E-state index in [9.17, 15) is 0 Å². The smallest absolute Gasteiger partial charge is 0.194 e. The molecule has 0 saturated carbocycles. The van der Waals surface area contributed by atoms with E-state index in [2.05, 4.69) is 37.3 Å². The maximum atomic E-state index is 5.99. The highest BCUT2D eigenvalue weighted by Gasteiger charge is 2.25. The quantitative estimate of drug-likeness (QED) is 0.511. The Kier molecular flexibility index (Phi) is 7.97. The molecule has 1 aromatic carbocycles. The zero-order chi connectivity index (χ0) is 22.2. The number of rotatable bonds is 7. The first-order valence-electron chi connectivity index (χ1n) is 11.3. The van der Waals surface area contributed by atoms with Crippen molar-refractivity contribution in [3.63, 3.8) is 0 Å². The van der Waals surface area contributed by atoms with Crippen LogP contribution in [0.5, 0.6) is 5.75 Å². The van der Waals surface area contributed by atoms with E-state index < -0.39 is 0 Å². The van der Waals surface area contributed by atoms with Crippen LogP contribution in [0.15, 0.2) is 41.7 Å². The van der Waals surface area contributed by atoms with E-state index >= 15 is 0 Å². The topological polar surface area (TPSA) is 76.4 Å². The lowest BCUT2D eigenvalue weighted by Crippen LogP contribution is -2.47. The van der Waals surface area contributed by atoms with Crippen LogP contribution >= 0.6 is 0 Å². The van der Waals surface area contributed by atoms with Crippen LogP contribution in [0.2, 0.25) is 0 Å². The fourth-order valence-electron chi connectivity index (χ4n) is 4.03. The van der Waals surface area contributed by atoms with E-state index in [-0.39, 0.29) is 6.10 Å². The van der Waals surface area contributed by atoms with Crippen molar-refractivity contribution in [3.8, 4) is 5.75 Å². The van der Waals surface area contributed by atoms with Crippen LogP contribution in [0.25, 0.3) is 0 Å². The van der Waals surface area contributed by atoms with Gasteiger partial charge in [-0.15, -0.1) is 0 Å². The average molecular weight is 443 g/mol. The van der Waals surface area contributed by atoms with Gasteiger partial charge >= 0.3 is 0 Å². The highest BCUT2D eigenvalue weighted by Crippen LogP contribution is 2.21. The van der Waals surface area contributed by atoms with E-state index in [1.54, 1.807) is 4.68 Å². The van der Waals surface area contributed by atoms with Gasteiger partial charge in [-0.3, -0.25) is 14.6 Å². The molecule has 2 saturated heterocycles. The fourth-order valence-corrected chi connectivity index (χ4v) is 4.03. The van der Waals surface area contributed by atoms with Crippen LogP contribution in [0.1, 0.15) is 17.2 Å². The van der Waals surface area contributed by atoms with Crippen molar-refractivity contribution in [2.24, 2.45) is 12.0 Å². The number of hydrogen-bond donors (Lipinski definition) is 1. The molecule has 4 rings (SSSR count). The standard InChI is InChI=1S/C23H34N6O3/c1-24-23(29-9-13-32-22(18-29)20-16-26-27(2)17-20)25-15-19-4-3-5-21(14-19)31-12-8-28-6-10-30-11-7-28/h3-5,14,16-17,22H,6-13,15,18H2,1-2H3,(H,24,25). The summed E-state index contributed by atoms with van der Waals surface area (Å²) in [4.78, 5) is 9.11. The highest BCUT2D eigenvalue weighted by atomic mass is 16.5. The first-order chi connectivity index (χ1) is 15.7. The molecule has 1 N–H and O–H groups in total. The zero-order valence-corrected chi connectivity index (χ0v) is 19.1. The summed E-state index contributed by atoms with van der Waals surface area (Å²) in [6.45, 7) is 8.09. The summed E-state index contributed by atoms with van der Waals surface area (Å²) in [5, 5.41) is 7.76. The Balaban J connectivity index is 1.26. The Morgan fingerprint density at radius 3 is 2.91 bits per heavy atom. The second-order valence-corrected chi connectivity index (χ2v) is 8.10. The van der Waals surface area contributed by atoms with E-state index in [4.69, 9.17) is 14.2 Å². The lowest BCUT2D eigenvalue weighted by atomic mass is 10.1. The summed E-state index contributed by atoms with van der Waals surface area (Å²) >= 11 is 0. The molecule has 1 atom stereocenters. The van der Waals surface area contributed by atoms with Gasteiger partial charge in [0.05, 0.1) is 32.6 Å². The van der Waals surface area contributed by atoms with Crippen LogP contribution in [0.3, 0.4) is 0 Å². The summed E-state index contributed by atoms with van der Waals surface area (Å²) in [7, 11) is 3.74. The molecule has 9 heteroatoms. The summed E-state index contributed by atoms with van der Waals surface area (Å²) in [5.74, 6) is 1.77. The number of guanidine groups is 1. The molecule has 2 aliphatic heterocycles. The molecule has 174 valence electrons. The minimum absolute atomic E-state index is 0.000746. The molecule has 0 amide bonds. The molecule has 3 heterocycles. The minimum atomic E-state index is -0.000746. The van der Waals surface area contributed by atoms with Gasteiger partial charge in [-0.05, 0) is 17.7 Å². The second kappa shape index (κ2) is 11.3. The third kappa shape index (κ3) is 6.21. The van der Waals surface area contributed by atoms with Gasteiger partial charge in [-0.2, -0.15) is 5.10 Å². The van der Waals surface area contributed by atoms with Gasteiger partial charge < -0.3 is 24.4 Å². The Morgan fingerprint density at radius 1 is 1.25 bits per heavy atom. The van der Waals surface area contributed by atoms with Crippen LogP contribution in [-0.2, 0) is 23.1 Å². The minimum Gasteiger partial charge on any atom is -0.492 e. The van der Waals surface area contributed by atoms with Gasteiger partial charge in [0, 0.05) is 58.6 Å². The van der Waals surface area contributed by atoms with Gasteiger partial charge in [0.15, 0.2) is 5.96 Å². The van der Waals surface area contributed by atoms with E-state index in [1.807, 2.05) is 38.6 Å². The summed E-state index contributed by atoms with van der Waals surface area (Å²) < 4.78 is 19.1. The SMILES string of the molecule is CN=C(NCc1cccc(OCCN2CCOCC2)c1)N1CCOC(c2cnn(C)c2)C1. The fraction of sp³-hybridized carbons (Fsp3) is 0.565. The monoisotopic (exact) mass is 442 g/mol. The van der Waals surface area contributed by atoms with Gasteiger partial charge in [-0.25, -0.2) is 0 Å². The number of nitrogens with one attached hydrogen (secondary N) is 1. The number of aliphatic imine (C=N–C) groups is 1. The van der Waals surface area contributed by atoms with Crippen molar-refractivity contribution in [3.05, 3.63) is 47.8 Å². The number of benzene rings is 1. The van der Waals surface area contributed by atoms with Crippen molar-refractivity contribution < 1.29 is 14.2 Å². The van der Waals surface area contributed by atoms with Crippen molar-refractivity contribution in [2.75, 3.05) is 66.2 Å². The second-order valence-electron chi connectivity index (χ2n) is 8.10. The Morgan fingerprint density at radius 2 is 2.12 bits per heavy atom. The summed E-state index contributed by atoms with van der Waals surface area (Å²) in [5.41, 5.74) is 2.25. The molecule has 0 bridgehead atoms. The maximum Gasteiger partial charge on any atom is 0.194 e. The Hall–Kier alpha value is -2.62. The molecule has 1 aromatic heterocycles. The van der Waals surface area contributed by atoms with Gasteiger partial charge in [-0.1, -0.05) is 12.1 Å². The van der Waals surface area contributed by atoms with Crippen LogP contribution in [0.4, 0.5) is 0 Å². The van der Waals surface area contributed by atoms with Crippen molar-refractivity contribution in [1.82, 2.24) is 24.9 Å². The molecule has 0 spiro atoms. The highest BCUT2D eigenvalue weighted by molar-refractivity contribution is 5.80. The zero-order valence-electron chi connectivity index (χ0n) is 19.1. The average Bonchev–Trinajstić information content (AvgIpc) is 3.27. The number of nitrogens with zero attached hydrogens (tertiary/aromatic N) is 5. The normalized spacial score (nSPS) is 20.4. The number of ether oxygens (including phenoxy) is 3. The lowest BCUT2D eigenvalue weighted by Gasteiger charge is -2.34. The molecule has 32 heavy (non-hydrogen) atoms. The lowest BCUT2D eigenvalue weighted by molar-refractivity contribution is -0.00805. The van der Waals surface area contributed by atoms with Crippen molar-refractivity contribution in [2.45, 2.75) is 12.6 Å². The molecule has 2 aliphatic rings. The van der Waals surface area contributed by atoms with Gasteiger partial charge in [0.1, 0.15) is 18.5 Å². The molecule has 9 nitrogen and oxygen atoms in total. The first-order valence-corrected chi connectivity index (χ1v) is 11.3. The van der Waals surface area contributed by atoms with Crippen molar-refractivity contribution >= 4 is 5.96 Å². The first kappa shape index (κ1) is 22.6. The van der Waals surface area contributed by atoms with Crippen molar-refractivity contribution in [1.29, 1.82) is 0 Å². The number of hydrogen-bond acceptors (Lipinski definition) is 6. The molecule has 2 aromatic rings. The van der Waals surface area contributed by atoms with Crippen LogP contribution in [0, 0.1) is 0 Å². The third-order valence-corrected chi connectivity index (χ3v) is 5.80. The van der Waals surface area contributed by atoms with E-state index in [0.717, 1.165) is 68.8 Å². The van der Waals surface area contributed by atoms with Gasteiger partial charge in [0.25, 0.3) is 0 Å². The molecule has 0 aliphatic carbocycles. The molecule has 1 unspecified atom stereocenters. The number of morpholine rings is 2. The predicted molar refractivity (Wildman–Crippen MR) is 123 cm³/mol. The summed E-state index contributed by atoms with van der Waals surface area (Å²) in [6, 6.07) is 8.25.